The van der Waals surface area contributed by atoms with Crippen LogP contribution in [-0.4, -0.2) is 64.5 Å². The number of anilines is 1. The van der Waals surface area contributed by atoms with Gasteiger partial charge in [-0.05, 0) is 56.2 Å². The monoisotopic (exact) mass is 564 g/mol. The number of hydrogen-bond donors (Lipinski definition) is 1. The molecule has 2 aliphatic heterocycles. The molecule has 6 nitrogen and oxygen atoms in total. The van der Waals surface area contributed by atoms with Gasteiger partial charge >= 0.3 is 6.18 Å². The third-order valence-electron chi connectivity index (χ3n) is 6.92. The summed E-state index contributed by atoms with van der Waals surface area (Å²) in [5.74, 6) is 2.75. The minimum absolute atomic E-state index is 0.0524. The Bertz CT molecular complexity index is 1180. The molecular formula is C27H31F3N4O2S2. The molecule has 0 aliphatic carbocycles. The van der Waals surface area contributed by atoms with E-state index in [1.165, 1.54) is 28.0 Å². The van der Waals surface area contributed by atoms with E-state index < -0.39 is 28.3 Å². The molecule has 0 aromatic heterocycles. The van der Waals surface area contributed by atoms with Gasteiger partial charge in [-0.3, -0.25) is 19.5 Å². The average molecular weight is 565 g/mol. The van der Waals surface area contributed by atoms with Crippen molar-refractivity contribution in [2.75, 3.05) is 42.6 Å². The lowest BCUT2D eigenvalue weighted by Crippen LogP contribution is -2.45. The van der Waals surface area contributed by atoms with E-state index in [0.29, 0.717) is 19.6 Å². The first-order valence-electron chi connectivity index (χ1n) is 12.4. The lowest BCUT2D eigenvalue weighted by atomic mass is 10.0. The summed E-state index contributed by atoms with van der Waals surface area (Å²) in [6.07, 6.45) is -4.12. The SMILES string of the molecule is CC1(C)C(=O)N(c2ccc(C#N)c(C(F)(F)F)c2)C(S)N1CCCOc1ccc(CN2CCSCC2)cc1. The molecule has 4 rings (SSSR count). The van der Waals surface area contributed by atoms with E-state index in [0.717, 1.165) is 37.5 Å². The Hall–Kier alpha value is -2.39. The zero-order valence-electron chi connectivity index (χ0n) is 21.4. The van der Waals surface area contributed by atoms with Crippen molar-refractivity contribution in [3.8, 4) is 11.8 Å². The van der Waals surface area contributed by atoms with Gasteiger partial charge in [0.15, 0.2) is 0 Å². The highest BCUT2D eigenvalue weighted by molar-refractivity contribution is 7.99. The Balaban J connectivity index is 1.35. The molecule has 2 aromatic rings. The van der Waals surface area contributed by atoms with E-state index in [-0.39, 0.29) is 11.6 Å². The van der Waals surface area contributed by atoms with Crippen LogP contribution in [-0.2, 0) is 17.5 Å². The van der Waals surface area contributed by atoms with Crippen LogP contribution in [0.2, 0.25) is 0 Å². The summed E-state index contributed by atoms with van der Waals surface area (Å²) < 4.78 is 46.4. The van der Waals surface area contributed by atoms with Crippen LogP contribution in [0.4, 0.5) is 18.9 Å². The Kier molecular flexibility index (Phi) is 8.87. The van der Waals surface area contributed by atoms with Crippen LogP contribution in [0.5, 0.6) is 5.75 Å². The predicted octanol–water partition coefficient (Wildman–Crippen LogP) is 5.24. The largest absolute Gasteiger partial charge is 0.494 e. The molecule has 0 spiro atoms. The van der Waals surface area contributed by atoms with Gasteiger partial charge in [0.2, 0.25) is 5.91 Å². The molecular weight excluding hydrogens is 533 g/mol. The normalized spacial score (nSPS) is 20.5. The van der Waals surface area contributed by atoms with Crippen LogP contribution in [0.15, 0.2) is 42.5 Å². The highest BCUT2D eigenvalue weighted by Crippen LogP contribution is 2.40. The first-order chi connectivity index (χ1) is 18.0. The van der Waals surface area contributed by atoms with Crippen LogP contribution >= 0.6 is 24.4 Å². The Morgan fingerprint density at radius 3 is 2.47 bits per heavy atom. The number of alkyl halides is 3. The molecule has 0 N–H and O–H groups in total. The van der Waals surface area contributed by atoms with Crippen molar-refractivity contribution in [3.05, 3.63) is 59.2 Å². The van der Waals surface area contributed by atoms with Crippen molar-refractivity contribution in [2.24, 2.45) is 0 Å². The van der Waals surface area contributed by atoms with Crippen molar-refractivity contribution in [2.45, 2.75) is 44.0 Å². The van der Waals surface area contributed by atoms with Gasteiger partial charge in [-0.1, -0.05) is 12.1 Å². The zero-order valence-corrected chi connectivity index (χ0v) is 23.1. The third-order valence-corrected chi connectivity index (χ3v) is 8.37. The van der Waals surface area contributed by atoms with Gasteiger partial charge in [0.25, 0.3) is 0 Å². The van der Waals surface area contributed by atoms with Crippen molar-refractivity contribution in [1.82, 2.24) is 9.80 Å². The number of nitrogens with zero attached hydrogens (tertiary/aromatic N) is 4. The van der Waals surface area contributed by atoms with E-state index in [9.17, 15) is 18.0 Å². The molecule has 1 amide bonds. The van der Waals surface area contributed by atoms with Crippen molar-refractivity contribution >= 4 is 36.0 Å². The van der Waals surface area contributed by atoms with Crippen LogP contribution in [0, 0.1) is 11.3 Å². The summed E-state index contributed by atoms with van der Waals surface area (Å²) in [5, 5.41) is 9.08. The van der Waals surface area contributed by atoms with Crippen molar-refractivity contribution in [3.63, 3.8) is 0 Å². The number of carbonyl (C=O) groups excluding carboxylic acids is 1. The molecule has 38 heavy (non-hydrogen) atoms. The topological polar surface area (TPSA) is 59.8 Å². The van der Waals surface area contributed by atoms with Gasteiger partial charge in [0.05, 0.1) is 29.3 Å². The molecule has 1 atom stereocenters. The van der Waals surface area contributed by atoms with Gasteiger partial charge in [-0.25, -0.2) is 0 Å². The molecule has 2 heterocycles. The van der Waals surface area contributed by atoms with Gasteiger partial charge in [0, 0.05) is 43.4 Å². The number of ether oxygens (including phenoxy) is 1. The van der Waals surface area contributed by atoms with Crippen molar-refractivity contribution in [1.29, 1.82) is 5.26 Å². The van der Waals surface area contributed by atoms with Gasteiger partial charge in [-0.2, -0.15) is 30.2 Å². The maximum atomic E-state index is 13.5. The second-order valence-electron chi connectivity index (χ2n) is 9.85. The second kappa shape index (κ2) is 11.8. The van der Waals surface area contributed by atoms with E-state index in [1.807, 2.05) is 28.8 Å². The maximum Gasteiger partial charge on any atom is 0.417 e. The predicted molar refractivity (Wildman–Crippen MR) is 146 cm³/mol. The molecule has 2 aromatic carbocycles. The molecule has 2 fully saturated rings. The fourth-order valence-corrected chi connectivity index (χ4v) is 6.36. The number of hydrogen-bond acceptors (Lipinski definition) is 7. The molecule has 2 saturated heterocycles. The number of nitriles is 1. The number of thiol groups is 1. The molecule has 204 valence electrons. The van der Waals surface area contributed by atoms with Crippen LogP contribution in [0.25, 0.3) is 0 Å². The Morgan fingerprint density at radius 1 is 1.16 bits per heavy atom. The molecule has 2 aliphatic rings. The number of rotatable bonds is 8. The Labute approximate surface area is 231 Å². The van der Waals surface area contributed by atoms with Crippen molar-refractivity contribution < 1.29 is 22.7 Å². The molecule has 11 heteroatoms. The van der Waals surface area contributed by atoms with Crippen LogP contribution in [0.1, 0.15) is 37.0 Å². The van der Waals surface area contributed by atoms with E-state index in [4.69, 9.17) is 10.00 Å². The number of carbonyl (C=O) groups is 1. The van der Waals surface area contributed by atoms with E-state index in [2.05, 4.69) is 29.7 Å². The molecule has 0 saturated carbocycles. The van der Waals surface area contributed by atoms with E-state index >= 15 is 0 Å². The smallest absolute Gasteiger partial charge is 0.417 e. The first-order valence-corrected chi connectivity index (χ1v) is 14.1. The fraction of sp³-hybridized carbons (Fsp3) is 0.481. The minimum atomic E-state index is -4.71. The quantitative estimate of drug-likeness (QED) is 0.350. The number of halogens is 3. The average Bonchev–Trinajstić information content (AvgIpc) is 3.06. The molecule has 0 bridgehead atoms. The second-order valence-corrected chi connectivity index (χ2v) is 11.5. The summed E-state index contributed by atoms with van der Waals surface area (Å²) >= 11 is 6.59. The third kappa shape index (κ3) is 6.25. The molecule has 1 unspecified atom stereocenters. The van der Waals surface area contributed by atoms with Crippen LogP contribution < -0.4 is 9.64 Å². The minimum Gasteiger partial charge on any atom is -0.494 e. The fourth-order valence-electron chi connectivity index (χ4n) is 4.74. The summed E-state index contributed by atoms with van der Waals surface area (Å²) in [7, 11) is 0. The molecule has 0 radical (unpaired) electrons. The zero-order chi connectivity index (χ0) is 27.5. The highest BCUT2D eigenvalue weighted by atomic mass is 32.2. The van der Waals surface area contributed by atoms with Gasteiger partial charge < -0.3 is 4.74 Å². The van der Waals surface area contributed by atoms with E-state index in [1.54, 1.807) is 19.9 Å². The standard InChI is InChI=1S/C27H31F3N4O2S2/c1-26(2)24(35)34(21-7-6-20(17-31)23(16-21)27(28,29)30)25(37)33(26)10-3-13-36-22-8-4-19(5-9-22)18-32-11-14-38-15-12-32/h4-9,16,25,37H,3,10-15,18H2,1-2H3. The number of benzene rings is 2. The van der Waals surface area contributed by atoms with Gasteiger partial charge in [-0.15, -0.1) is 12.6 Å². The summed E-state index contributed by atoms with van der Waals surface area (Å²) in [6, 6.07) is 12.9. The summed E-state index contributed by atoms with van der Waals surface area (Å²) in [6.45, 7) is 7.48. The summed E-state index contributed by atoms with van der Waals surface area (Å²) in [4.78, 5) is 18.8. The summed E-state index contributed by atoms with van der Waals surface area (Å²) in [5.41, 5.74) is -2.01. The number of thioether (sulfide) groups is 1. The van der Waals surface area contributed by atoms with Gasteiger partial charge in [0.1, 0.15) is 11.2 Å². The van der Waals surface area contributed by atoms with Crippen LogP contribution in [0.3, 0.4) is 0 Å². The Morgan fingerprint density at radius 2 is 1.84 bits per heavy atom. The number of amides is 1. The maximum absolute atomic E-state index is 13.5. The lowest BCUT2D eigenvalue weighted by molar-refractivity contribution is -0.137. The highest BCUT2D eigenvalue weighted by Gasteiger charge is 2.51. The first kappa shape index (κ1) is 28.6. The lowest BCUT2D eigenvalue weighted by Gasteiger charge is -2.31.